The van der Waals surface area contributed by atoms with Crippen molar-refractivity contribution < 1.29 is 9.90 Å². The van der Waals surface area contributed by atoms with E-state index in [1.54, 1.807) is 6.07 Å². The van der Waals surface area contributed by atoms with E-state index in [2.05, 4.69) is 10.3 Å². The fourth-order valence-corrected chi connectivity index (χ4v) is 1.67. The second kappa shape index (κ2) is 4.82. The van der Waals surface area contributed by atoms with Gasteiger partial charge in [0.1, 0.15) is 0 Å². The molecule has 0 saturated carbocycles. The molecule has 2 aromatic rings. The zero-order valence-electron chi connectivity index (χ0n) is 10.7. The van der Waals surface area contributed by atoms with Gasteiger partial charge in [-0.15, -0.1) is 0 Å². The molecule has 2 rings (SSSR count). The number of rotatable bonds is 4. The standard InChI is InChI=1S/C14H18N2O2/c1-14(2,9-17)8-16-13(18)11-4-3-10-5-6-15-12(10)7-11/h3-7,15,17H,8-9H2,1-2H3,(H,16,18). The molecule has 4 heteroatoms. The van der Waals surface area contributed by atoms with E-state index >= 15 is 0 Å². The summed E-state index contributed by atoms with van der Waals surface area (Å²) in [6, 6.07) is 7.51. The first kappa shape index (κ1) is 12.6. The van der Waals surface area contributed by atoms with Crippen LogP contribution in [0.2, 0.25) is 0 Å². The van der Waals surface area contributed by atoms with Crippen molar-refractivity contribution in [3.63, 3.8) is 0 Å². The molecule has 0 aliphatic carbocycles. The summed E-state index contributed by atoms with van der Waals surface area (Å²) in [7, 11) is 0. The molecular weight excluding hydrogens is 228 g/mol. The molecule has 1 aromatic carbocycles. The van der Waals surface area contributed by atoms with E-state index in [4.69, 9.17) is 5.11 Å². The number of benzene rings is 1. The van der Waals surface area contributed by atoms with Crippen molar-refractivity contribution in [2.45, 2.75) is 13.8 Å². The highest BCUT2D eigenvalue weighted by molar-refractivity contribution is 5.97. The zero-order valence-corrected chi connectivity index (χ0v) is 10.7. The summed E-state index contributed by atoms with van der Waals surface area (Å²) in [6.07, 6.45) is 1.85. The van der Waals surface area contributed by atoms with Gasteiger partial charge in [-0.2, -0.15) is 0 Å². The zero-order chi connectivity index (χ0) is 13.2. The lowest BCUT2D eigenvalue weighted by Crippen LogP contribution is -2.36. The third-order valence-electron chi connectivity index (χ3n) is 2.97. The third kappa shape index (κ3) is 2.71. The second-order valence-corrected chi connectivity index (χ2v) is 5.28. The smallest absolute Gasteiger partial charge is 0.251 e. The van der Waals surface area contributed by atoms with Gasteiger partial charge in [-0.3, -0.25) is 4.79 Å². The van der Waals surface area contributed by atoms with E-state index in [9.17, 15) is 4.79 Å². The Labute approximate surface area is 106 Å². The number of H-pyrrole nitrogens is 1. The van der Waals surface area contributed by atoms with Gasteiger partial charge in [0.05, 0.1) is 0 Å². The van der Waals surface area contributed by atoms with E-state index in [-0.39, 0.29) is 17.9 Å². The summed E-state index contributed by atoms with van der Waals surface area (Å²) in [4.78, 5) is 15.0. The molecule has 1 amide bonds. The maximum Gasteiger partial charge on any atom is 0.251 e. The minimum Gasteiger partial charge on any atom is -0.396 e. The summed E-state index contributed by atoms with van der Waals surface area (Å²) in [5, 5.41) is 13.1. The number of aromatic nitrogens is 1. The molecule has 0 aliphatic rings. The number of nitrogens with one attached hydrogen (secondary N) is 2. The Balaban J connectivity index is 2.08. The fourth-order valence-electron chi connectivity index (χ4n) is 1.67. The first-order valence-electron chi connectivity index (χ1n) is 5.98. The Kier molecular flexibility index (Phi) is 3.39. The largest absolute Gasteiger partial charge is 0.396 e. The maximum atomic E-state index is 12.0. The van der Waals surface area contributed by atoms with Crippen LogP contribution in [0.4, 0.5) is 0 Å². The number of amides is 1. The molecule has 0 fully saturated rings. The summed E-state index contributed by atoms with van der Waals surface area (Å²) in [5.41, 5.74) is 1.27. The van der Waals surface area contributed by atoms with Crippen molar-refractivity contribution in [2.75, 3.05) is 13.2 Å². The topological polar surface area (TPSA) is 65.1 Å². The van der Waals surface area contributed by atoms with Crippen molar-refractivity contribution >= 4 is 16.8 Å². The molecule has 0 spiro atoms. The van der Waals surface area contributed by atoms with Crippen LogP contribution >= 0.6 is 0 Å². The fraction of sp³-hybridized carbons (Fsp3) is 0.357. The average molecular weight is 246 g/mol. The molecule has 0 unspecified atom stereocenters. The van der Waals surface area contributed by atoms with Gasteiger partial charge < -0.3 is 15.4 Å². The number of hydrogen-bond donors (Lipinski definition) is 3. The number of fused-ring (bicyclic) bond motifs is 1. The number of aliphatic hydroxyl groups is 1. The Morgan fingerprint density at radius 2 is 2.17 bits per heavy atom. The quantitative estimate of drug-likeness (QED) is 0.771. The molecule has 0 bridgehead atoms. The Bertz CT molecular complexity index is 558. The molecule has 1 aromatic heterocycles. The number of aliphatic hydroxyl groups excluding tert-OH is 1. The van der Waals surface area contributed by atoms with E-state index in [1.807, 2.05) is 38.2 Å². The van der Waals surface area contributed by atoms with E-state index in [1.165, 1.54) is 0 Å². The second-order valence-electron chi connectivity index (χ2n) is 5.28. The highest BCUT2D eigenvalue weighted by Crippen LogP contribution is 2.15. The number of aromatic amines is 1. The van der Waals surface area contributed by atoms with Crippen molar-refractivity contribution in [1.82, 2.24) is 10.3 Å². The Morgan fingerprint density at radius 1 is 1.39 bits per heavy atom. The first-order valence-corrected chi connectivity index (χ1v) is 5.98. The highest BCUT2D eigenvalue weighted by atomic mass is 16.3. The minimum atomic E-state index is -0.299. The highest BCUT2D eigenvalue weighted by Gasteiger charge is 2.18. The predicted octanol–water partition coefficient (Wildman–Crippen LogP) is 1.92. The van der Waals surface area contributed by atoms with Crippen molar-refractivity contribution in [2.24, 2.45) is 5.41 Å². The van der Waals surface area contributed by atoms with Gasteiger partial charge in [0.25, 0.3) is 5.91 Å². The van der Waals surface area contributed by atoms with Crippen LogP contribution in [0.5, 0.6) is 0 Å². The summed E-state index contributed by atoms with van der Waals surface area (Å²) in [6.45, 7) is 4.30. The lowest BCUT2D eigenvalue weighted by Gasteiger charge is -2.21. The van der Waals surface area contributed by atoms with Gasteiger partial charge in [-0.05, 0) is 23.6 Å². The van der Waals surface area contributed by atoms with Crippen LogP contribution in [0.1, 0.15) is 24.2 Å². The lowest BCUT2D eigenvalue weighted by atomic mass is 9.95. The molecule has 0 atom stereocenters. The first-order chi connectivity index (χ1) is 8.52. The molecule has 4 nitrogen and oxygen atoms in total. The van der Waals surface area contributed by atoms with Gasteiger partial charge in [-0.25, -0.2) is 0 Å². The summed E-state index contributed by atoms with van der Waals surface area (Å²) >= 11 is 0. The molecule has 3 N–H and O–H groups in total. The van der Waals surface area contributed by atoms with Crippen molar-refractivity contribution in [3.05, 3.63) is 36.0 Å². The maximum absolute atomic E-state index is 12.0. The molecule has 0 aliphatic heterocycles. The van der Waals surface area contributed by atoms with Gasteiger partial charge >= 0.3 is 0 Å². The number of carbonyl (C=O) groups excluding carboxylic acids is 1. The molecule has 1 heterocycles. The van der Waals surface area contributed by atoms with E-state index < -0.39 is 0 Å². The van der Waals surface area contributed by atoms with Gasteiger partial charge in [0, 0.05) is 35.8 Å². The van der Waals surface area contributed by atoms with Gasteiger partial charge in [0.2, 0.25) is 0 Å². The normalized spacial score (nSPS) is 11.7. The molecule has 0 saturated heterocycles. The Hall–Kier alpha value is -1.81. The van der Waals surface area contributed by atoms with Crippen LogP contribution in [0.15, 0.2) is 30.5 Å². The van der Waals surface area contributed by atoms with Crippen LogP contribution in [0.25, 0.3) is 10.9 Å². The SMILES string of the molecule is CC(C)(CO)CNC(=O)c1ccc2cc[nH]c2c1. The van der Waals surface area contributed by atoms with Gasteiger partial charge in [0.15, 0.2) is 0 Å². The number of hydrogen-bond acceptors (Lipinski definition) is 2. The van der Waals surface area contributed by atoms with Crippen LogP contribution in [-0.2, 0) is 0 Å². The summed E-state index contributed by atoms with van der Waals surface area (Å²) in [5.74, 6) is -0.118. The molecule has 18 heavy (non-hydrogen) atoms. The molecular formula is C14H18N2O2. The van der Waals surface area contributed by atoms with Crippen LogP contribution in [-0.4, -0.2) is 29.1 Å². The molecule has 96 valence electrons. The van der Waals surface area contributed by atoms with Crippen molar-refractivity contribution in [3.8, 4) is 0 Å². The summed E-state index contributed by atoms with van der Waals surface area (Å²) < 4.78 is 0. The monoisotopic (exact) mass is 246 g/mol. The predicted molar refractivity (Wildman–Crippen MR) is 71.5 cm³/mol. The van der Waals surface area contributed by atoms with Crippen LogP contribution in [0, 0.1) is 5.41 Å². The lowest BCUT2D eigenvalue weighted by molar-refractivity contribution is 0.0911. The average Bonchev–Trinajstić information content (AvgIpc) is 2.83. The van der Waals surface area contributed by atoms with E-state index in [0.717, 1.165) is 10.9 Å². The molecule has 0 radical (unpaired) electrons. The minimum absolute atomic E-state index is 0.0446. The number of carbonyl (C=O) groups is 1. The Morgan fingerprint density at radius 3 is 2.89 bits per heavy atom. The van der Waals surface area contributed by atoms with Crippen LogP contribution < -0.4 is 5.32 Å². The van der Waals surface area contributed by atoms with Crippen LogP contribution in [0.3, 0.4) is 0 Å². The third-order valence-corrected chi connectivity index (χ3v) is 2.97. The van der Waals surface area contributed by atoms with E-state index in [0.29, 0.717) is 12.1 Å². The van der Waals surface area contributed by atoms with Crippen molar-refractivity contribution in [1.29, 1.82) is 0 Å². The van der Waals surface area contributed by atoms with Gasteiger partial charge in [-0.1, -0.05) is 19.9 Å².